The molecule has 0 amide bonds. The summed E-state index contributed by atoms with van der Waals surface area (Å²) in [4.78, 5) is 19.6. The lowest BCUT2D eigenvalue weighted by Crippen LogP contribution is -2.44. The molecule has 25 heavy (non-hydrogen) atoms. The van der Waals surface area contributed by atoms with Gasteiger partial charge in [-0.2, -0.15) is 13.2 Å². The molecule has 0 unspecified atom stereocenters. The number of carboxylic acids is 1. The van der Waals surface area contributed by atoms with E-state index in [1.165, 1.54) is 0 Å². The summed E-state index contributed by atoms with van der Waals surface area (Å²) in [6.45, 7) is 10.3. The Bertz CT molecular complexity index is 521. The van der Waals surface area contributed by atoms with Crippen molar-refractivity contribution in [2.24, 2.45) is 5.41 Å². The van der Waals surface area contributed by atoms with Gasteiger partial charge in [0.15, 0.2) is 0 Å². The van der Waals surface area contributed by atoms with E-state index in [4.69, 9.17) is 14.6 Å². The number of aromatic nitrogens is 2. The summed E-state index contributed by atoms with van der Waals surface area (Å²) in [5.41, 5.74) is 0.203. The number of halogens is 3. The zero-order chi connectivity index (χ0) is 18.9. The molecule has 1 fully saturated rings. The Hall–Kier alpha value is -1.94. The molecule has 0 saturated carbocycles. The fraction of sp³-hybridized carbons (Fsp3) is 0.667. The van der Waals surface area contributed by atoms with Crippen LogP contribution in [0.1, 0.15) is 13.8 Å². The van der Waals surface area contributed by atoms with Crippen molar-refractivity contribution in [2.75, 3.05) is 44.7 Å². The number of carbonyl (C=O) groups is 1. The fourth-order valence-corrected chi connectivity index (χ4v) is 2.14. The molecule has 10 heteroatoms. The first kappa shape index (κ1) is 21.1. The van der Waals surface area contributed by atoms with Crippen LogP contribution in [0, 0.1) is 5.41 Å². The molecule has 0 bridgehead atoms. The maximum atomic E-state index is 10.6. The number of aliphatic carboxylic acids is 1. The molecule has 0 spiro atoms. The number of ether oxygens (including phenoxy) is 1. The second kappa shape index (κ2) is 9.52. The highest BCUT2D eigenvalue weighted by Crippen LogP contribution is 2.18. The number of nitrogens with zero attached hydrogens (tertiary/aromatic N) is 3. The topological polar surface area (TPSA) is 87.6 Å². The highest BCUT2D eigenvalue weighted by atomic mass is 19.4. The van der Waals surface area contributed by atoms with Crippen LogP contribution in [0.5, 0.6) is 0 Å². The van der Waals surface area contributed by atoms with E-state index in [0.717, 1.165) is 45.2 Å². The minimum Gasteiger partial charge on any atom is -0.475 e. The first-order valence-corrected chi connectivity index (χ1v) is 7.70. The van der Waals surface area contributed by atoms with E-state index < -0.39 is 12.1 Å². The van der Waals surface area contributed by atoms with Crippen molar-refractivity contribution in [1.82, 2.24) is 14.9 Å². The molecule has 0 aliphatic carbocycles. The summed E-state index contributed by atoms with van der Waals surface area (Å²) >= 11 is 0. The van der Waals surface area contributed by atoms with Gasteiger partial charge in [-0.25, -0.2) is 9.78 Å². The molecule has 2 N–H and O–H groups in total. The van der Waals surface area contributed by atoms with Crippen molar-refractivity contribution in [1.29, 1.82) is 0 Å². The first-order chi connectivity index (χ1) is 11.6. The van der Waals surface area contributed by atoms with Gasteiger partial charge in [0, 0.05) is 38.6 Å². The van der Waals surface area contributed by atoms with Crippen LogP contribution in [0.3, 0.4) is 0 Å². The smallest absolute Gasteiger partial charge is 0.475 e. The van der Waals surface area contributed by atoms with Gasteiger partial charge in [0.1, 0.15) is 5.82 Å². The van der Waals surface area contributed by atoms with Crippen LogP contribution in [0.2, 0.25) is 0 Å². The van der Waals surface area contributed by atoms with Gasteiger partial charge in [-0.05, 0) is 5.41 Å². The summed E-state index contributed by atoms with van der Waals surface area (Å²) in [5, 5.41) is 10.5. The standard InChI is InChI=1S/C13H22N4O.C2HF3O2/c1-13(2,11-17-5-7-18-8-6-17)10-16-12-9-14-3-4-15-12;3-2(4,5)1(6)7/h3-4,9H,5-8,10-11H2,1-2H3,(H,15,16);(H,6,7). The van der Waals surface area contributed by atoms with Crippen molar-refractivity contribution in [3.8, 4) is 0 Å². The Labute approximate surface area is 144 Å². The minimum atomic E-state index is -5.08. The van der Waals surface area contributed by atoms with E-state index in [0.29, 0.717) is 0 Å². The molecule has 1 aliphatic rings. The van der Waals surface area contributed by atoms with Crippen LogP contribution < -0.4 is 5.32 Å². The number of nitrogens with one attached hydrogen (secondary N) is 1. The molecule has 1 aliphatic heterocycles. The Kier molecular flexibility index (Phi) is 8.04. The minimum absolute atomic E-state index is 0.203. The predicted octanol–water partition coefficient (Wildman–Crippen LogP) is 1.88. The summed E-state index contributed by atoms with van der Waals surface area (Å²) in [7, 11) is 0. The molecule has 0 radical (unpaired) electrons. The van der Waals surface area contributed by atoms with Crippen molar-refractivity contribution in [3.63, 3.8) is 0 Å². The van der Waals surface area contributed by atoms with Gasteiger partial charge >= 0.3 is 12.1 Å². The number of alkyl halides is 3. The normalized spacial score (nSPS) is 15.9. The molecule has 2 rings (SSSR count). The lowest BCUT2D eigenvalue weighted by molar-refractivity contribution is -0.192. The molecule has 0 atom stereocenters. The summed E-state index contributed by atoms with van der Waals surface area (Å²) < 4.78 is 37.1. The molecular weight excluding hydrogens is 341 g/mol. The monoisotopic (exact) mass is 364 g/mol. The zero-order valence-electron chi connectivity index (χ0n) is 14.2. The Balaban J connectivity index is 0.000000381. The predicted molar refractivity (Wildman–Crippen MR) is 85.3 cm³/mol. The van der Waals surface area contributed by atoms with Crippen LogP contribution in [-0.4, -0.2) is 71.5 Å². The lowest BCUT2D eigenvalue weighted by Gasteiger charge is -2.35. The number of hydrogen-bond acceptors (Lipinski definition) is 6. The maximum Gasteiger partial charge on any atom is 0.490 e. The number of rotatable bonds is 5. The molecule has 142 valence electrons. The second-order valence-corrected chi connectivity index (χ2v) is 6.30. The van der Waals surface area contributed by atoms with E-state index in [1.54, 1.807) is 18.6 Å². The second-order valence-electron chi connectivity index (χ2n) is 6.30. The number of morpholine rings is 1. The van der Waals surface area contributed by atoms with Gasteiger partial charge in [0.25, 0.3) is 0 Å². The Morgan fingerprint density at radius 1 is 1.32 bits per heavy atom. The van der Waals surface area contributed by atoms with E-state index in [1.807, 2.05) is 0 Å². The van der Waals surface area contributed by atoms with Gasteiger partial charge < -0.3 is 15.2 Å². The third-order valence-electron chi connectivity index (χ3n) is 3.31. The van der Waals surface area contributed by atoms with Crippen LogP contribution >= 0.6 is 0 Å². The van der Waals surface area contributed by atoms with E-state index in [9.17, 15) is 13.2 Å². The average molecular weight is 364 g/mol. The number of carboxylic acid groups (broad SMARTS) is 1. The Morgan fingerprint density at radius 3 is 2.40 bits per heavy atom. The van der Waals surface area contributed by atoms with E-state index in [2.05, 4.69) is 34.0 Å². The lowest BCUT2D eigenvalue weighted by atomic mass is 9.92. The van der Waals surface area contributed by atoms with Crippen molar-refractivity contribution in [2.45, 2.75) is 20.0 Å². The summed E-state index contributed by atoms with van der Waals surface area (Å²) in [5.74, 6) is -1.92. The Morgan fingerprint density at radius 2 is 1.92 bits per heavy atom. The van der Waals surface area contributed by atoms with Crippen molar-refractivity contribution >= 4 is 11.8 Å². The molecule has 7 nitrogen and oxygen atoms in total. The van der Waals surface area contributed by atoms with Gasteiger partial charge in [-0.15, -0.1) is 0 Å². The average Bonchev–Trinajstić information content (AvgIpc) is 2.54. The van der Waals surface area contributed by atoms with E-state index in [-0.39, 0.29) is 5.41 Å². The van der Waals surface area contributed by atoms with Crippen molar-refractivity contribution in [3.05, 3.63) is 18.6 Å². The van der Waals surface area contributed by atoms with Crippen LogP contribution in [0.15, 0.2) is 18.6 Å². The number of anilines is 1. The summed E-state index contributed by atoms with van der Waals surface area (Å²) in [6, 6.07) is 0. The fourth-order valence-electron chi connectivity index (χ4n) is 2.14. The van der Waals surface area contributed by atoms with Crippen molar-refractivity contribution < 1.29 is 27.8 Å². The van der Waals surface area contributed by atoms with Crippen LogP contribution in [0.25, 0.3) is 0 Å². The molecule has 1 aromatic heterocycles. The third kappa shape index (κ3) is 9.20. The van der Waals surface area contributed by atoms with Gasteiger partial charge in [0.05, 0.1) is 19.4 Å². The van der Waals surface area contributed by atoms with E-state index >= 15 is 0 Å². The zero-order valence-corrected chi connectivity index (χ0v) is 14.2. The van der Waals surface area contributed by atoms with Crippen LogP contribution in [0.4, 0.5) is 19.0 Å². The number of hydrogen-bond donors (Lipinski definition) is 2. The molecule has 0 aromatic carbocycles. The first-order valence-electron chi connectivity index (χ1n) is 7.70. The van der Waals surface area contributed by atoms with Crippen LogP contribution in [-0.2, 0) is 9.53 Å². The van der Waals surface area contributed by atoms with Gasteiger partial charge in [-0.1, -0.05) is 13.8 Å². The molecule has 1 saturated heterocycles. The molecule has 2 heterocycles. The highest BCUT2D eigenvalue weighted by Gasteiger charge is 2.38. The summed E-state index contributed by atoms with van der Waals surface area (Å²) in [6.07, 6.45) is 0.0617. The van der Waals surface area contributed by atoms with Gasteiger partial charge in [-0.3, -0.25) is 9.88 Å². The quantitative estimate of drug-likeness (QED) is 0.825. The largest absolute Gasteiger partial charge is 0.490 e. The maximum absolute atomic E-state index is 10.6. The SMILES string of the molecule is CC(C)(CNc1cnccn1)CN1CCOCC1.O=C(O)C(F)(F)F. The molecule has 1 aromatic rings. The van der Waals surface area contributed by atoms with Gasteiger partial charge in [0.2, 0.25) is 0 Å². The third-order valence-corrected chi connectivity index (χ3v) is 3.31. The highest BCUT2D eigenvalue weighted by molar-refractivity contribution is 5.73. The molecular formula is C15H23F3N4O3.